The summed E-state index contributed by atoms with van der Waals surface area (Å²) in [5.74, 6) is 1.54. The summed E-state index contributed by atoms with van der Waals surface area (Å²) in [7, 11) is -3.50. The lowest BCUT2D eigenvalue weighted by Crippen LogP contribution is -2.33. The Balaban J connectivity index is 1.60. The van der Waals surface area contributed by atoms with Crippen LogP contribution in [0.25, 0.3) is 21.9 Å². The zero-order valence-electron chi connectivity index (χ0n) is 16.8. The smallest absolute Gasteiger partial charge is 0.264 e. The van der Waals surface area contributed by atoms with Gasteiger partial charge in [-0.15, -0.1) is 0 Å². The molecule has 1 unspecified atom stereocenters. The minimum Gasteiger partial charge on any atom is -0.376 e. The van der Waals surface area contributed by atoms with Gasteiger partial charge in [-0.2, -0.15) is 8.42 Å². The minimum absolute atomic E-state index is 0.0366. The number of rotatable bonds is 5. The van der Waals surface area contributed by atoms with Crippen molar-refractivity contribution in [3.63, 3.8) is 0 Å². The molecule has 3 aromatic rings. The largest absolute Gasteiger partial charge is 0.376 e. The van der Waals surface area contributed by atoms with Gasteiger partial charge in [0.05, 0.1) is 36.2 Å². The van der Waals surface area contributed by atoms with E-state index in [1.54, 1.807) is 0 Å². The minimum atomic E-state index is -3.50. The molecule has 1 aromatic carbocycles. The monoisotopic (exact) mass is 449 g/mol. The van der Waals surface area contributed by atoms with Crippen molar-refractivity contribution in [1.82, 2.24) is 14.5 Å². The van der Waals surface area contributed by atoms with E-state index in [9.17, 15) is 8.42 Å². The van der Waals surface area contributed by atoms with Crippen molar-refractivity contribution in [3.05, 3.63) is 35.2 Å². The molecule has 2 fully saturated rings. The Labute approximate surface area is 180 Å². The fourth-order valence-corrected chi connectivity index (χ4v) is 5.07. The van der Waals surface area contributed by atoms with Crippen molar-refractivity contribution >= 4 is 43.7 Å². The van der Waals surface area contributed by atoms with Crippen molar-refractivity contribution in [3.8, 4) is 0 Å². The normalized spacial score (nSPS) is 23.1. The standard InChI is InChI=1S/C21H24ClN3O4S/c1-30(26,27)29-12-16-10-15(7-8-28-16)25-20-17-9-14(22)5-6-18(17)23-11-19(20)24-21(25)13-3-2-4-13/h5-6,9,11,13,15-16H,2-4,7-8,10,12H2,1H3/t15?,16-/m0/s1. The second-order valence-corrected chi connectivity index (χ2v) is 10.4. The summed E-state index contributed by atoms with van der Waals surface area (Å²) in [5, 5.41) is 1.66. The van der Waals surface area contributed by atoms with Gasteiger partial charge in [-0.1, -0.05) is 18.0 Å². The fraction of sp³-hybridized carbons (Fsp3) is 0.524. The summed E-state index contributed by atoms with van der Waals surface area (Å²) in [6.45, 7) is 0.588. The van der Waals surface area contributed by atoms with Crippen LogP contribution in [0.4, 0.5) is 0 Å². The number of halogens is 1. The summed E-state index contributed by atoms with van der Waals surface area (Å²) in [5.41, 5.74) is 2.82. The number of hydrogen-bond acceptors (Lipinski definition) is 6. The molecule has 0 amide bonds. The van der Waals surface area contributed by atoms with E-state index in [-0.39, 0.29) is 18.8 Å². The second kappa shape index (κ2) is 7.75. The van der Waals surface area contributed by atoms with Gasteiger partial charge in [-0.05, 0) is 43.9 Å². The van der Waals surface area contributed by atoms with E-state index < -0.39 is 10.1 Å². The van der Waals surface area contributed by atoms with E-state index in [0.29, 0.717) is 24.0 Å². The maximum Gasteiger partial charge on any atom is 0.264 e. The summed E-state index contributed by atoms with van der Waals surface area (Å²) in [6.07, 6.45) is 7.63. The highest BCUT2D eigenvalue weighted by Crippen LogP contribution is 2.42. The van der Waals surface area contributed by atoms with Gasteiger partial charge >= 0.3 is 0 Å². The molecule has 0 radical (unpaired) electrons. The molecule has 0 spiro atoms. The van der Waals surface area contributed by atoms with Crippen molar-refractivity contribution in [2.24, 2.45) is 0 Å². The molecule has 1 aliphatic heterocycles. The maximum absolute atomic E-state index is 11.4. The summed E-state index contributed by atoms with van der Waals surface area (Å²) < 4.78 is 36.0. The average Bonchev–Trinajstić information content (AvgIpc) is 3.04. The predicted octanol–water partition coefficient (Wildman–Crippen LogP) is 4.20. The first-order chi connectivity index (χ1) is 14.4. The van der Waals surface area contributed by atoms with Crippen LogP contribution in [0.1, 0.15) is 49.9 Å². The molecule has 1 saturated carbocycles. The molecule has 1 aliphatic carbocycles. The summed E-state index contributed by atoms with van der Waals surface area (Å²) >= 11 is 6.32. The first-order valence-electron chi connectivity index (χ1n) is 10.3. The quantitative estimate of drug-likeness (QED) is 0.543. The third kappa shape index (κ3) is 3.82. The molecule has 9 heteroatoms. The Morgan fingerprint density at radius 3 is 2.83 bits per heavy atom. The molecule has 2 aromatic heterocycles. The number of benzene rings is 1. The topological polar surface area (TPSA) is 83.3 Å². The fourth-order valence-electron chi connectivity index (χ4n) is 4.50. The lowest BCUT2D eigenvalue weighted by Gasteiger charge is -2.34. The molecule has 2 aliphatic rings. The van der Waals surface area contributed by atoms with Gasteiger partial charge in [0.25, 0.3) is 10.1 Å². The van der Waals surface area contributed by atoms with E-state index in [0.717, 1.165) is 53.3 Å². The van der Waals surface area contributed by atoms with Crippen LogP contribution in [-0.4, -0.2) is 48.5 Å². The van der Waals surface area contributed by atoms with Gasteiger partial charge in [0.2, 0.25) is 0 Å². The van der Waals surface area contributed by atoms with Crippen LogP contribution in [0.15, 0.2) is 24.4 Å². The molecule has 7 nitrogen and oxygen atoms in total. The summed E-state index contributed by atoms with van der Waals surface area (Å²) in [6, 6.07) is 5.89. The lowest BCUT2D eigenvalue weighted by atomic mass is 9.84. The number of pyridine rings is 1. The van der Waals surface area contributed by atoms with E-state index in [1.807, 2.05) is 24.4 Å². The first-order valence-corrected chi connectivity index (χ1v) is 12.5. The molecule has 1 saturated heterocycles. The zero-order chi connectivity index (χ0) is 20.9. The highest BCUT2D eigenvalue weighted by molar-refractivity contribution is 7.85. The Morgan fingerprint density at radius 2 is 2.10 bits per heavy atom. The highest BCUT2D eigenvalue weighted by Gasteiger charge is 2.33. The third-order valence-corrected chi connectivity index (χ3v) is 6.95. The van der Waals surface area contributed by atoms with Gasteiger partial charge in [-0.3, -0.25) is 9.17 Å². The number of nitrogens with zero attached hydrogens (tertiary/aromatic N) is 3. The van der Waals surface area contributed by atoms with Crippen molar-refractivity contribution in [1.29, 1.82) is 0 Å². The van der Waals surface area contributed by atoms with E-state index in [1.165, 1.54) is 6.42 Å². The number of imidazole rings is 1. The Hall–Kier alpha value is -1.74. The summed E-state index contributed by atoms with van der Waals surface area (Å²) in [4.78, 5) is 9.57. The van der Waals surface area contributed by atoms with Crippen LogP contribution in [0, 0.1) is 0 Å². The van der Waals surface area contributed by atoms with E-state index in [2.05, 4.69) is 9.55 Å². The van der Waals surface area contributed by atoms with Crippen molar-refractivity contribution < 1.29 is 17.3 Å². The molecule has 0 bridgehead atoms. The molecule has 30 heavy (non-hydrogen) atoms. The Morgan fingerprint density at radius 1 is 1.27 bits per heavy atom. The third-order valence-electron chi connectivity index (χ3n) is 6.15. The first kappa shape index (κ1) is 20.2. The van der Waals surface area contributed by atoms with Crippen LogP contribution in [0.3, 0.4) is 0 Å². The molecule has 2 atom stereocenters. The highest BCUT2D eigenvalue weighted by atomic mass is 35.5. The van der Waals surface area contributed by atoms with E-state index in [4.69, 9.17) is 25.5 Å². The number of ether oxygens (including phenoxy) is 1. The van der Waals surface area contributed by atoms with Gasteiger partial charge in [0, 0.05) is 29.0 Å². The average molecular weight is 450 g/mol. The van der Waals surface area contributed by atoms with Gasteiger partial charge in [0.1, 0.15) is 11.3 Å². The van der Waals surface area contributed by atoms with Gasteiger partial charge in [0.15, 0.2) is 0 Å². The number of hydrogen-bond donors (Lipinski definition) is 0. The van der Waals surface area contributed by atoms with Gasteiger partial charge in [-0.25, -0.2) is 4.98 Å². The molecular formula is C21H24ClN3O4S. The van der Waals surface area contributed by atoms with Gasteiger partial charge < -0.3 is 9.30 Å². The van der Waals surface area contributed by atoms with Crippen LogP contribution in [0.2, 0.25) is 5.02 Å². The van der Waals surface area contributed by atoms with Crippen molar-refractivity contribution in [2.45, 2.75) is 50.2 Å². The predicted molar refractivity (Wildman–Crippen MR) is 115 cm³/mol. The molecule has 0 N–H and O–H groups in total. The molecule has 160 valence electrons. The molecule has 5 rings (SSSR count). The van der Waals surface area contributed by atoms with Crippen LogP contribution in [0.5, 0.6) is 0 Å². The molecule has 3 heterocycles. The van der Waals surface area contributed by atoms with Crippen LogP contribution in [-0.2, 0) is 19.0 Å². The van der Waals surface area contributed by atoms with Crippen molar-refractivity contribution in [2.75, 3.05) is 19.5 Å². The second-order valence-electron chi connectivity index (χ2n) is 8.28. The van der Waals surface area contributed by atoms with Crippen LogP contribution < -0.4 is 0 Å². The zero-order valence-corrected chi connectivity index (χ0v) is 18.3. The Kier molecular flexibility index (Phi) is 5.21. The number of aromatic nitrogens is 3. The number of fused-ring (bicyclic) bond motifs is 3. The Bertz CT molecular complexity index is 1210. The maximum atomic E-state index is 11.4. The molecular weight excluding hydrogens is 426 g/mol. The SMILES string of the molecule is CS(=O)(=O)OC[C@@H]1CC(n2c(C3CCC3)nc3cnc4ccc(Cl)cc4c32)CCO1. The lowest BCUT2D eigenvalue weighted by molar-refractivity contribution is -0.0279. The van der Waals surface area contributed by atoms with Crippen LogP contribution >= 0.6 is 11.6 Å². The van der Waals surface area contributed by atoms with E-state index >= 15 is 0 Å².